The predicted octanol–water partition coefficient (Wildman–Crippen LogP) is 3.40. The van der Waals surface area contributed by atoms with E-state index in [1.807, 2.05) is 43.3 Å². The van der Waals surface area contributed by atoms with E-state index in [4.69, 9.17) is 0 Å². The van der Waals surface area contributed by atoms with Gasteiger partial charge in [-0.05, 0) is 30.7 Å². The molecular weight excluding hydrogens is 334 g/mol. The molecule has 124 valence electrons. The zero-order valence-corrected chi connectivity index (χ0v) is 14.3. The number of nitrogens with one attached hydrogen (secondary N) is 1. The van der Waals surface area contributed by atoms with Crippen LogP contribution in [0.1, 0.15) is 28.2 Å². The number of amides is 1. The van der Waals surface area contributed by atoms with Gasteiger partial charge in [0.2, 0.25) is 0 Å². The lowest BCUT2D eigenvalue weighted by Crippen LogP contribution is -2.25. The van der Waals surface area contributed by atoms with Crippen molar-refractivity contribution in [1.29, 1.82) is 0 Å². The lowest BCUT2D eigenvalue weighted by Gasteiger charge is -2.13. The predicted molar refractivity (Wildman–Crippen MR) is 99.2 cm³/mol. The van der Waals surface area contributed by atoms with Crippen molar-refractivity contribution in [3.63, 3.8) is 0 Å². The quantitative estimate of drug-likeness (QED) is 0.616. The van der Waals surface area contributed by atoms with Crippen LogP contribution in [0.3, 0.4) is 0 Å². The highest BCUT2D eigenvalue weighted by Crippen LogP contribution is 2.23. The first-order chi connectivity index (χ1) is 12.1. The van der Waals surface area contributed by atoms with Crippen LogP contribution in [0.4, 0.5) is 0 Å². The van der Waals surface area contributed by atoms with Crippen molar-refractivity contribution in [2.75, 3.05) is 0 Å². The Hall–Kier alpha value is -2.99. The minimum absolute atomic E-state index is 0.118. The number of thiophene rings is 1. The van der Waals surface area contributed by atoms with Gasteiger partial charge >= 0.3 is 0 Å². The van der Waals surface area contributed by atoms with Crippen molar-refractivity contribution in [2.24, 2.45) is 0 Å². The van der Waals surface area contributed by atoms with Crippen LogP contribution in [0.15, 0.2) is 65.6 Å². The first-order valence-corrected chi connectivity index (χ1v) is 8.72. The zero-order valence-electron chi connectivity index (χ0n) is 13.5. The van der Waals surface area contributed by atoms with Crippen LogP contribution in [0.2, 0.25) is 0 Å². The Kier molecular flexibility index (Phi) is 3.82. The molecule has 6 heteroatoms. The van der Waals surface area contributed by atoms with E-state index in [0.717, 1.165) is 5.56 Å². The molecule has 1 amide bonds. The highest BCUT2D eigenvalue weighted by Gasteiger charge is 2.16. The zero-order chi connectivity index (χ0) is 17.4. The molecule has 1 N–H and O–H groups in total. The van der Waals surface area contributed by atoms with Gasteiger partial charge in [0.1, 0.15) is 10.5 Å². The summed E-state index contributed by atoms with van der Waals surface area (Å²) < 4.78 is 1.49. The molecule has 25 heavy (non-hydrogen) atoms. The fourth-order valence-corrected chi connectivity index (χ4v) is 3.69. The van der Waals surface area contributed by atoms with Crippen LogP contribution >= 0.6 is 11.3 Å². The number of fused-ring (bicyclic) bond motifs is 2. The summed E-state index contributed by atoms with van der Waals surface area (Å²) >= 11 is 1.24. The van der Waals surface area contributed by atoms with Gasteiger partial charge in [-0.3, -0.25) is 14.0 Å². The van der Waals surface area contributed by atoms with Gasteiger partial charge in [0.25, 0.3) is 11.5 Å². The summed E-state index contributed by atoms with van der Waals surface area (Å²) in [4.78, 5) is 30.7. The molecule has 0 spiro atoms. The van der Waals surface area contributed by atoms with Crippen molar-refractivity contribution >= 4 is 33.1 Å². The maximum Gasteiger partial charge on any atom is 0.266 e. The minimum atomic E-state index is -0.201. The van der Waals surface area contributed by atoms with Crippen LogP contribution in [0.25, 0.3) is 15.9 Å². The summed E-state index contributed by atoms with van der Waals surface area (Å²) in [5, 5.41) is 3.43. The maximum absolute atomic E-state index is 12.6. The molecule has 0 aliphatic rings. The van der Waals surface area contributed by atoms with Gasteiger partial charge < -0.3 is 5.32 Å². The van der Waals surface area contributed by atoms with Crippen molar-refractivity contribution < 1.29 is 4.79 Å². The van der Waals surface area contributed by atoms with Crippen molar-refractivity contribution in [3.8, 4) is 0 Å². The Morgan fingerprint density at radius 3 is 2.72 bits per heavy atom. The highest BCUT2D eigenvalue weighted by molar-refractivity contribution is 7.20. The second kappa shape index (κ2) is 6.14. The monoisotopic (exact) mass is 349 g/mol. The summed E-state index contributed by atoms with van der Waals surface area (Å²) in [6, 6.07) is 16.6. The fraction of sp³-hybridized carbons (Fsp3) is 0.105. The Bertz CT molecular complexity index is 1130. The number of carbonyl (C=O) groups excluding carboxylic acids is 1. The molecule has 0 bridgehead atoms. The van der Waals surface area contributed by atoms with E-state index in [2.05, 4.69) is 10.3 Å². The second-order valence-electron chi connectivity index (χ2n) is 5.78. The Balaban J connectivity index is 1.69. The Morgan fingerprint density at radius 2 is 1.92 bits per heavy atom. The molecule has 0 saturated heterocycles. The Labute approximate surface area is 147 Å². The van der Waals surface area contributed by atoms with Gasteiger partial charge in [0.05, 0.1) is 16.3 Å². The Morgan fingerprint density at radius 1 is 1.16 bits per heavy atom. The normalized spacial score (nSPS) is 12.4. The average molecular weight is 349 g/mol. The number of benzene rings is 1. The van der Waals surface area contributed by atoms with Crippen LogP contribution in [-0.4, -0.2) is 15.3 Å². The molecule has 0 aliphatic carbocycles. The molecule has 1 atom stereocenters. The number of aromatic nitrogens is 2. The summed E-state index contributed by atoms with van der Waals surface area (Å²) in [5.74, 6) is -0.201. The molecule has 0 radical (unpaired) electrons. The van der Waals surface area contributed by atoms with Gasteiger partial charge in [0.15, 0.2) is 0 Å². The number of pyridine rings is 1. The largest absolute Gasteiger partial charge is 0.345 e. The smallest absolute Gasteiger partial charge is 0.266 e. The molecule has 0 fully saturated rings. The number of hydrogen-bond donors (Lipinski definition) is 1. The molecule has 1 unspecified atom stereocenters. The van der Waals surface area contributed by atoms with Gasteiger partial charge in [0, 0.05) is 6.20 Å². The summed E-state index contributed by atoms with van der Waals surface area (Å²) in [5.41, 5.74) is 1.44. The fourth-order valence-electron chi connectivity index (χ4n) is 2.75. The van der Waals surface area contributed by atoms with Crippen molar-refractivity contribution in [1.82, 2.24) is 14.7 Å². The van der Waals surface area contributed by atoms with E-state index >= 15 is 0 Å². The SMILES string of the molecule is CC(NC(=O)c1cc2c(=O)n3ccccc3nc2s1)c1ccccc1. The van der Waals surface area contributed by atoms with E-state index in [9.17, 15) is 9.59 Å². The molecule has 0 aliphatic heterocycles. The van der Waals surface area contributed by atoms with E-state index in [0.29, 0.717) is 20.7 Å². The molecule has 4 rings (SSSR count). The van der Waals surface area contributed by atoms with E-state index in [1.165, 1.54) is 15.7 Å². The summed E-state index contributed by atoms with van der Waals surface area (Å²) in [6.45, 7) is 1.93. The van der Waals surface area contributed by atoms with Crippen LogP contribution in [-0.2, 0) is 0 Å². The lowest BCUT2D eigenvalue weighted by atomic mass is 10.1. The van der Waals surface area contributed by atoms with E-state index in [-0.39, 0.29) is 17.5 Å². The van der Waals surface area contributed by atoms with Crippen LogP contribution in [0.5, 0.6) is 0 Å². The van der Waals surface area contributed by atoms with Gasteiger partial charge in [-0.1, -0.05) is 36.4 Å². The standard InChI is InChI=1S/C19H15N3O2S/c1-12(13-7-3-2-4-8-13)20-17(23)15-11-14-18(25-15)21-16-9-5-6-10-22(16)19(14)24/h2-12H,1H3,(H,20,23). The number of rotatable bonds is 3. The number of nitrogens with zero attached hydrogens (tertiary/aromatic N) is 2. The average Bonchev–Trinajstić information content (AvgIpc) is 3.07. The highest BCUT2D eigenvalue weighted by atomic mass is 32.1. The third-order valence-electron chi connectivity index (χ3n) is 4.09. The van der Waals surface area contributed by atoms with Gasteiger partial charge in [-0.25, -0.2) is 4.98 Å². The molecule has 1 aromatic carbocycles. The van der Waals surface area contributed by atoms with Crippen LogP contribution in [0, 0.1) is 0 Å². The van der Waals surface area contributed by atoms with Crippen molar-refractivity contribution in [2.45, 2.75) is 13.0 Å². The molecule has 3 heterocycles. The molecule has 3 aromatic heterocycles. The molecule has 5 nitrogen and oxygen atoms in total. The first kappa shape index (κ1) is 15.5. The topological polar surface area (TPSA) is 63.5 Å². The van der Waals surface area contributed by atoms with Gasteiger partial charge in [-0.15, -0.1) is 11.3 Å². The minimum Gasteiger partial charge on any atom is -0.345 e. The maximum atomic E-state index is 12.6. The van der Waals surface area contributed by atoms with Crippen LogP contribution < -0.4 is 10.9 Å². The van der Waals surface area contributed by atoms with E-state index in [1.54, 1.807) is 24.4 Å². The third kappa shape index (κ3) is 2.81. The first-order valence-electron chi connectivity index (χ1n) is 7.90. The summed E-state index contributed by atoms with van der Waals surface area (Å²) in [7, 11) is 0. The van der Waals surface area contributed by atoms with Crippen molar-refractivity contribution in [3.05, 3.63) is 81.6 Å². The molecule has 4 aromatic rings. The molecule has 0 saturated carbocycles. The van der Waals surface area contributed by atoms with E-state index < -0.39 is 0 Å². The second-order valence-corrected chi connectivity index (χ2v) is 6.81. The summed E-state index contributed by atoms with van der Waals surface area (Å²) in [6.07, 6.45) is 1.68. The number of carbonyl (C=O) groups is 1. The molecular formula is C19H15N3O2S. The lowest BCUT2D eigenvalue weighted by molar-refractivity contribution is 0.0944. The third-order valence-corrected chi connectivity index (χ3v) is 5.11. The van der Waals surface area contributed by atoms with Gasteiger partial charge in [-0.2, -0.15) is 0 Å². The number of hydrogen-bond acceptors (Lipinski definition) is 4.